The fourth-order valence-electron chi connectivity index (χ4n) is 3.23. The summed E-state index contributed by atoms with van der Waals surface area (Å²) in [5, 5.41) is 0. The third-order valence-corrected chi connectivity index (χ3v) is 7.37. The Bertz CT molecular complexity index is 579. The minimum Gasteiger partial charge on any atom is -0.348 e. The maximum atomic E-state index is 12.5. The molecule has 9 heteroatoms. The lowest BCUT2D eigenvalue weighted by atomic mass is 10.0. The molecule has 0 spiro atoms. The van der Waals surface area contributed by atoms with Crippen LogP contribution in [0.5, 0.6) is 0 Å². The molecule has 2 aliphatic heterocycles. The van der Waals surface area contributed by atoms with Gasteiger partial charge in [-0.05, 0) is 12.2 Å². The van der Waals surface area contributed by atoms with Crippen LogP contribution in [0.3, 0.4) is 0 Å². The van der Waals surface area contributed by atoms with Gasteiger partial charge < -0.3 is 9.80 Å². The zero-order valence-electron chi connectivity index (χ0n) is 14.6. The van der Waals surface area contributed by atoms with E-state index < -0.39 is 9.84 Å². The number of amides is 2. The summed E-state index contributed by atoms with van der Waals surface area (Å²) in [4.78, 5) is 29.7. The summed E-state index contributed by atoms with van der Waals surface area (Å²) in [6.45, 7) is 3.30. The molecule has 138 valence electrons. The predicted octanol–water partition coefficient (Wildman–Crippen LogP) is -0.472. The van der Waals surface area contributed by atoms with E-state index in [1.807, 2.05) is 4.90 Å². The van der Waals surface area contributed by atoms with Crippen molar-refractivity contribution in [2.24, 2.45) is 0 Å². The minimum absolute atomic E-state index is 0.00844. The highest BCUT2D eigenvalue weighted by Crippen LogP contribution is 2.27. The van der Waals surface area contributed by atoms with Gasteiger partial charge in [-0.2, -0.15) is 11.8 Å². The Hall–Kier alpha value is -0.800. The number of fused-ring (bicyclic) bond motifs is 1. The third-order valence-electron chi connectivity index (χ3n) is 4.52. The molecule has 2 atom stereocenters. The van der Waals surface area contributed by atoms with Crippen LogP contribution in [-0.2, 0) is 19.4 Å². The van der Waals surface area contributed by atoms with E-state index in [1.54, 1.807) is 30.8 Å². The van der Waals surface area contributed by atoms with E-state index in [4.69, 9.17) is 0 Å². The number of nitrogens with zero attached hydrogens (tertiary/aromatic N) is 3. The molecule has 7 nitrogen and oxygen atoms in total. The highest BCUT2D eigenvalue weighted by Gasteiger charge is 2.48. The van der Waals surface area contributed by atoms with E-state index in [2.05, 4.69) is 6.92 Å². The van der Waals surface area contributed by atoms with Gasteiger partial charge in [-0.1, -0.05) is 6.92 Å². The van der Waals surface area contributed by atoms with E-state index >= 15 is 0 Å². The molecule has 24 heavy (non-hydrogen) atoms. The van der Waals surface area contributed by atoms with E-state index in [0.717, 1.165) is 12.2 Å². The van der Waals surface area contributed by atoms with Crippen molar-refractivity contribution in [2.75, 3.05) is 56.7 Å². The second-order valence-corrected chi connectivity index (χ2v) is 9.87. The van der Waals surface area contributed by atoms with Crippen LogP contribution < -0.4 is 0 Å². The molecule has 2 aliphatic rings. The third kappa shape index (κ3) is 4.64. The molecule has 0 unspecified atom stereocenters. The summed E-state index contributed by atoms with van der Waals surface area (Å²) >= 11 is 1.59. The smallest absolute Gasteiger partial charge is 0.236 e. The van der Waals surface area contributed by atoms with Crippen LogP contribution >= 0.6 is 11.8 Å². The number of sulfone groups is 1. The summed E-state index contributed by atoms with van der Waals surface area (Å²) < 4.78 is 24.3. The molecule has 0 aromatic heterocycles. The predicted molar refractivity (Wildman–Crippen MR) is 95.8 cm³/mol. The number of hydrogen-bond acceptors (Lipinski definition) is 6. The molecule has 0 N–H and O–H groups in total. The van der Waals surface area contributed by atoms with Gasteiger partial charge in [-0.15, -0.1) is 0 Å². The molecule has 2 fully saturated rings. The zero-order valence-corrected chi connectivity index (χ0v) is 16.2. The summed E-state index contributed by atoms with van der Waals surface area (Å²) in [7, 11) is 0.204. The highest BCUT2D eigenvalue weighted by atomic mass is 32.2. The van der Waals surface area contributed by atoms with Gasteiger partial charge in [0.2, 0.25) is 11.8 Å². The monoisotopic (exact) mass is 377 g/mol. The molecular formula is C15H27N3O4S2. The first-order valence-corrected chi connectivity index (χ1v) is 11.2. The number of piperazine rings is 1. The number of carbonyl (C=O) groups is 2. The van der Waals surface area contributed by atoms with E-state index in [-0.39, 0.29) is 41.9 Å². The molecule has 0 aromatic rings. The number of thioether (sulfide) groups is 1. The second-order valence-electron chi connectivity index (χ2n) is 6.61. The summed E-state index contributed by atoms with van der Waals surface area (Å²) in [5.74, 6) is 1.33. The minimum atomic E-state index is -3.18. The van der Waals surface area contributed by atoms with Crippen LogP contribution in [-0.4, -0.2) is 104 Å². The molecule has 2 rings (SSSR count). The molecule has 2 amide bonds. The first-order chi connectivity index (χ1) is 11.2. The van der Waals surface area contributed by atoms with Crippen molar-refractivity contribution < 1.29 is 18.0 Å². The number of likely N-dealkylation sites (N-methyl/N-ethyl adjacent to an activating group) is 1. The van der Waals surface area contributed by atoms with Gasteiger partial charge in [0.15, 0.2) is 9.84 Å². The Balaban J connectivity index is 2.09. The standard InChI is InChI=1S/C15H27N3O4S2/c1-4-7-23-9-15(20)18-6-5-17(8-14(19)16(2)3)12-10-24(21,22)11-13(12)18/h12-13H,4-11H2,1-3H3/t12-,13+/m0/s1. The zero-order chi connectivity index (χ0) is 17.9. The molecular weight excluding hydrogens is 350 g/mol. The number of hydrogen-bond donors (Lipinski definition) is 0. The lowest BCUT2D eigenvalue weighted by molar-refractivity contribution is -0.136. The van der Waals surface area contributed by atoms with Gasteiger partial charge in [-0.3, -0.25) is 14.5 Å². The topological polar surface area (TPSA) is 78.0 Å². The van der Waals surface area contributed by atoms with Crippen LogP contribution in [0.2, 0.25) is 0 Å². The van der Waals surface area contributed by atoms with Crippen molar-refractivity contribution in [3.05, 3.63) is 0 Å². The van der Waals surface area contributed by atoms with Gasteiger partial charge in [0.05, 0.1) is 29.8 Å². The van der Waals surface area contributed by atoms with Gasteiger partial charge in [-0.25, -0.2) is 8.42 Å². The van der Waals surface area contributed by atoms with Gasteiger partial charge in [0.25, 0.3) is 0 Å². The van der Waals surface area contributed by atoms with Crippen molar-refractivity contribution in [1.82, 2.24) is 14.7 Å². The average Bonchev–Trinajstić information content (AvgIpc) is 2.82. The van der Waals surface area contributed by atoms with Crippen LogP contribution in [0, 0.1) is 0 Å². The second kappa shape index (κ2) is 8.05. The van der Waals surface area contributed by atoms with Crippen LogP contribution in [0.4, 0.5) is 0 Å². The van der Waals surface area contributed by atoms with Crippen molar-refractivity contribution >= 4 is 33.4 Å². The number of carbonyl (C=O) groups excluding carboxylic acids is 2. The molecule has 2 heterocycles. The van der Waals surface area contributed by atoms with E-state index in [0.29, 0.717) is 18.8 Å². The SMILES string of the molecule is CCCSCC(=O)N1CCN(CC(=O)N(C)C)[C@H]2CS(=O)(=O)C[C@H]21. The quantitative estimate of drug-likeness (QED) is 0.582. The molecule has 0 bridgehead atoms. The van der Waals surface area contributed by atoms with Crippen LogP contribution in [0.15, 0.2) is 0 Å². The Labute approximate surface area is 148 Å². The Morgan fingerprint density at radius 2 is 1.83 bits per heavy atom. The normalized spacial score (nSPS) is 26.2. The van der Waals surface area contributed by atoms with Gasteiger partial charge in [0.1, 0.15) is 0 Å². The summed E-state index contributed by atoms with van der Waals surface area (Å²) in [6, 6.07) is -0.596. The van der Waals surface area contributed by atoms with Crippen molar-refractivity contribution in [3.63, 3.8) is 0 Å². The average molecular weight is 378 g/mol. The highest BCUT2D eigenvalue weighted by molar-refractivity contribution is 7.99. The summed E-state index contributed by atoms with van der Waals surface area (Å²) in [6.07, 6.45) is 1.01. The van der Waals surface area contributed by atoms with Crippen LogP contribution in [0.1, 0.15) is 13.3 Å². The Kier molecular flexibility index (Phi) is 6.55. The largest absolute Gasteiger partial charge is 0.348 e. The number of rotatable bonds is 6. The lowest BCUT2D eigenvalue weighted by Crippen LogP contribution is -2.62. The van der Waals surface area contributed by atoms with Crippen molar-refractivity contribution in [1.29, 1.82) is 0 Å². The Morgan fingerprint density at radius 3 is 2.46 bits per heavy atom. The van der Waals surface area contributed by atoms with E-state index in [1.165, 1.54) is 4.90 Å². The first kappa shape index (κ1) is 19.5. The summed E-state index contributed by atoms with van der Waals surface area (Å²) in [5.41, 5.74) is 0. The Morgan fingerprint density at radius 1 is 1.17 bits per heavy atom. The fraction of sp³-hybridized carbons (Fsp3) is 0.867. The maximum absolute atomic E-state index is 12.5. The van der Waals surface area contributed by atoms with Gasteiger partial charge in [0, 0.05) is 33.2 Å². The molecule has 0 saturated carbocycles. The van der Waals surface area contributed by atoms with Crippen molar-refractivity contribution in [3.8, 4) is 0 Å². The fourth-order valence-corrected chi connectivity index (χ4v) is 6.02. The van der Waals surface area contributed by atoms with E-state index in [9.17, 15) is 18.0 Å². The van der Waals surface area contributed by atoms with Crippen molar-refractivity contribution in [2.45, 2.75) is 25.4 Å². The maximum Gasteiger partial charge on any atom is 0.236 e. The van der Waals surface area contributed by atoms with Crippen LogP contribution in [0.25, 0.3) is 0 Å². The molecule has 0 aliphatic carbocycles. The lowest BCUT2D eigenvalue weighted by Gasteiger charge is -2.43. The molecule has 0 radical (unpaired) electrons. The first-order valence-electron chi connectivity index (χ1n) is 8.27. The molecule has 0 aromatic carbocycles. The van der Waals surface area contributed by atoms with Gasteiger partial charge >= 0.3 is 0 Å². The molecule has 2 saturated heterocycles.